The molecule has 0 radical (unpaired) electrons. The van der Waals surface area contributed by atoms with Crippen molar-refractivity contribution in [3.8, 4) is 0 Å². The summed E-state index contributed by atoms with van der Waals surface area (Å²) in [5.41, 5.74) is 8.41. The van der Waals surface area contributed by atoms with Gasteiger partial charge in [0, 0.05) is 5.57 Å². The highest BCUT2D eigenvalue weighted by atomic mass is 16.3. The predicted octanol–water partition coefficient (Wildman–Crippen LogP) is 8.15. The zero-order chi connectivity index (χ0) is 21.6. The van der Waals surface area contributed by atoms with Crippen molar-refractivity contribution in [3.63, 3.8) is 0 Å². The standard InChI is InChI=1S/C27H40O/c1-11-23-17-24(16-21(7)27(9,10)13-3)26(15-18(23)4)20(6)14-19(5)25(12-2)22(8)28/h12,14-15,17,21,28H,5,8,11,13,16H2,1-4,6-7,9-10H3/b20-14+,25-12+. The smallest absolute Gasteiger partial charge is 0.115 e. The van der Waals surface area contributed by atoms with Gasteiger partial charge in [-0.3, -0.25) is 0 Å². The molecule has 1 aromatic carbocycles. The van der Waals surface area contributed by atoms with Crippen LogP contribution in [0.25, 0.3) is 5.57 Å². The highest BCUT2D eigenvalue weighted by molar-refractivity contribution is 5.72. The molecule has 0 bridgehead atoms. The van der Waals surface area contributed by atoms with E-state index in [9.17, 15) is 5.11 Å². The molecule has 1 N–H and O–H groups in total. The Morgan fingerprint density at radius 1 is 1.18 bits per heavy atom. The normalized spacial score (nSPS) is 14.1. The van der Waals surface area contributed by atoms with Crippen LogP contribution in [0.3, 0.4) is 0 Å². The molecule has 1 rings (SSSR count). The topological polar surface area (TPSA) is 20.2 Å². The molecule has 1 aromatic rings. The second-order valence-electron chi connectivity index (χ2n) is 8.74. The van der Waals surface area contributed by atoms with E-state index in [4.69, 9.17) is 0 Å². The molecule has 0 aliphatic heterocycles. The molecule has 0 aliphatic rings. The summed E-state index contributed by atoms with van der Waals surface area (Å²) < 4.78 is 0. The lowest BCUT2D eigenvalue weighted by Gasteiger charge is -2.31. The summed E-state index contributed by atoms with van der Waals surface area (Å²) in [6, 6.07) is 4.72. The summed E-state index contributed by atoms with van der Waals surface area (Å²) in [6.07, 6.45) is 7.20. The second kappa shape index (κ2) is 9.96. The molecule has 0 amide bonds. The number of hydrogen-bond acceptors (Lipinski definition) is 1. The molecular weight excluding hydrogens is 340 g/mol. The summed E-state index contributed by atoms with van der Waals surface area (Å²) in [6.45, 7) is 25.6. The maximum Gasteiger partial charge on any atom is 0.115 e. The van der Waals surface area contributed by atoms with Crippen molar-refractivity contribution >= 4 is 5.57 Å². The molecule has 0 saturated carbocycles. The van der Waals surface area contributed by atoms with Crippen LogP contribution in [0.1, 0.15) is 77.1 Å². The fourth-order valence-electron chi connectivity index (χ4n) is 3.63. The van der Waals surface area contributed by atoms with Crippen molar-refractivity contribution in [1.82, 2.24) is 0 Å². The average Bonchev–Trinajstić information content (AvgIpc) is 2.62. The first-order chi connectivity index (χ1) is 13.0. The average molecular weight is 381 g/mol. The van der Waals surface area contributed by atoms with Crippen molar-refractivity contribution in [2.24, 2.45) is 11.3 Å². The first-order valence-electron chi connectivity index (χ1n) is 10.5. The highest BCUT2D eigenvalue weighted by Crippen LogP contribution is 2.35. The Kier molecular flexibility index (Phi) is 8.54. The molecule has 1 heteroatoms. The Balaban J connectivity index is 3.44. The van der Waals surface area contributed by atoms with Gasteiger partial charge in [0.25, 0.3) is 0 Å². The Hall–Kier alpha value is -2.02. The van der Waals surface area contributed by atoms with Crippen LogP contribution in [0.15, 0.2) is 54.3 Å². The lowest BCUT2D eigenvalue weighted by atomic mass is 9.74. The van der Waals surface area contributed by atoms with Crippen molar-refractivity contribution in [1.29, 1.82) is 0 Å². The fraction of sp³-hybridized carbons (Fsp3) is 0.481. The van der Waals surface area contributed by atoms with Crippen molar-refractivity contribution in [3.05, 3.63) is 76.6 Å². The molecule has 1 nitrogen and oxygen atoms in total. The van der Waals surface area contributed by atoms with Crippen LogP contribution in [0, 0.1) is 18.3 Å². The van der Waals surface area contributed by atoms with Gasteiger partial charge < -0.3 is 5.11 Å². The minimum absolute atomic E-state index is 0.0626. The van der Waals surface area contributed by atoms with Crippen molar-refractivity contribution in [2.45, 2.75) is 74.7 Å². The third-order valence-corrected chi connectivity index (χ3v) is 6.48. The molecular formula is C27H40O. The van der Waals surface area contributed by atoms with Crippen LogP contribution in [0.2, 0.25) is 0 Å². The molecule has 1 unspecified atom stereocenters. The van der Waals surface area contributed by atoms with Gasteiger partial charge in [0.05, 0.1) is 0 Å². The van der Waals surface area contributed by atoms with E-state index in [2.05, 4.69) is 79.8 Å². The SMILES string of the molecule is C=C(O)/C(=C/C)C(=C)/C=C(\C)c1cc(C)c(CC)cc1CC(C)C(C)(C)CC. The molecule has 0 fully saturated rings. The zero-order valence-corrected chi connectivity index (χ0v) is 19.4. The number of aryl methyl sites for hydroxylation is 2. The van der Waals surface area contributed by atoms with Gasteiger partial charge in [-0.05, 0) is 78.3 Å². The van der Waals surface area contributed by atoms with Crippen molar-refractivity contribution in [2.75, 3.05) is 0 Å². The number of hydrogen-bond donors (Lipinski definition) is 1. The maximum atomic E-state index is 9.82. The third kappa shape index (κ3) is 5.74. The summed E-state index contributed by atoms with van der Waals surface area (Å²) in [4.78, 5) is 0. The molecule has 154 valence electrons. The van der Waals surface area contributed by atoms with Gasteiger partial charge in [-0.2, -0.15) is 0 Å². The summed E-state index contributed by atoms with van der Waals surface area (Å²) >= 11 is 0. The van der Waals surface area contributed by atoms with E-state index in [0.717, 1.165) is 18.4 Å². The minimum Gasteiger partial charge on any atom is -0.508 e. The first kappa shape index (κ1) is 24.0. The Morgan fingerprint density at radius 2 is 1.79 bits per heavy atom. The Morgan fingerprint density at radius 3 is 2.25 bits per heavy atom. The van der Waals surface area contributed by atoms with Crippen LogP contribution < -0.4 is 0 Å². The first-order valence-corrected chi connectivity index (χ1v) is 10.5. The van der Waals surface area contributed by atoms with Crippen LogP contribution >= 0.6 is 0 Å². The maximum absolute atomic E-state index is 9.82. The molecule has 0 heterocycles. The number of rotatable bonds is 9. The van der Waals surface area contributed by atoms with Crippen LogP contribution in [-0.2, 0) is 12.8 Å². The van der Waals surface area contributed by atoms with Crippen LogP contribution in [0.4, 0.5) is 0 Å². The van der Waals surface area contributed by atoms with Crippen LogP contribution in [0.5, 0.6) is 0 Å². The lowest BCUT2D eigenvalue weighted by Crippen LogP contribution is -2.23. The number of aliphatic hydroxyl groups is 1. The van der Waals surface area contributed by atoms with Crippen LogP contribution in [-0.4, -0.2) is 5.11 Å². The fourth-order valence-corrected chi connectivity index (χ4v) is 3.63. The third-order valence-electron chi connectivity index (χ3n) is 6.48. The summed E-state index contributed by atoms with van der Waals surface area (Å²) in [5.74, 6) is 0.649. The molecule has 28 heavy (non-hydrogen) atoms. The van der Waals surface area contributed by atoms with E-state index in [1.807, 2.05) is 13.0 Å². The van der Waals surface area contributed by atoms with E-state index in [-0.39, 0.29) is 5.76 Å². The van der Waals surface area contributed by atoms with E-state index in [1.54, 1.807) is 0 Å². The van der Waals surface area contributed by atoms with Crippen molar-refractivity contribution < 1.29 is 5.11 Å². The molecule has 0 aliphatic carbocycles. The van der Waals surface area contributed by atoms with Gasteiger partial charge in [0.2, 0.25) is 0 Å². The minimum atomic E-state index is 0.0626. The molecule has 0 saturated heterocycles. The summed E-state index contributed by atoms with van der Waals surface area (Å²) in [5, 5.41) is 9.82. The van der Waals surface area contributed by atoms with Gasteiger partial charge >= 0.3 is 0 Å². The highest BCUT2D eigenvalue weighted by Gasteiger charge is 2.25. The lowest BCUT2D eigenvalue weighted by molar-refractivity contribution is 0.220. The zero-order valence-electron chi connectivity index (χ0n) is 19.4. The number of aliphatic hydroxyl groups excluding tert-OH is 1. The second-order valence-corrected chi connectivity index (χ2v) is 8.74. The monoisotopic (exact) mass is 380 g/mol. The number of allylic oxidation sites excluding steroid dienone is 4. The molecule has 1 atom stereocenters. The van der Waals surface area contributed by atoms with E-state index < -0.39 is 0 Å². The Labute approximate surface area is 173 Å². The van der Waals surface area contributed by atoms with E-state index >= 15 is 0 Å². The van der Waals surface area contributed by atoms with E-state index in [1.165, 1.54) is 34.2 Å². The Bertz CT molecular complexity index is 787. The number of benzene rings is 1. The predicted molar refractivity (Wildman–Crippen MR) is 126 cm³/mol. The van der Waals surface area contributed by atoms with Gasteiger partial charge in [-0.25, -0.2) is 0 Å². The van der Waals surface area contributed by atoms with Gasteiger partial charge in [0.15, 0.2) is 0 Å². The quantitative estimate of drug-likeness (QED) is 0.338. The van der Waals surface area contributed by atoms with Gasteiger partial charge in [-0.15, -0.1) is 0 Å². The van der Waals surface area contributed by atoms with Gasteiger partial charge in [-0.1, -0.05) is 78.5 Å². The van der Waals surface area contributed by atoms with E-state index in [0.29, 0.717) is 16.9 Å². The summed E-state index contributed by atoms with van der Waals surface area (Å²) in [7, 11) is 0. The largest absolute Gasteiger partial charge is 0.508 e. The molecule has 0 aromatic heterocycles. The molecule has 0 spiro atoms. The van der Waals surface area contributed by atoms with Gasteiger partial charge in [0.1, 0.15) is 5.76 Å².